The zero-order valence-electron chi connectivity index (χ0n) is 7.76. The van der Waals surface area contributed by atoms with Gasteiger partial charge in [-0.3, -0.25) is 0 Å². The van der Waals surface area contributed by atoms with Crippen molar-refractivity contribution in [3.63, 3.8) is 0 Å². The molecule has 0 N–H and O–H groups in total. The highest BCUT2D eigenvalue weighted by Crippen LogP contribution is 2.05. The minimum atomic E-state index is 1.07. The van der Waals surface area contributed by atoms with Crippen molar-refractivity contribution < 1.29 is 0 Å². The standard InChI is InChI=1S/C12H11I/c1-3-10(2)4-5-11-6-8-12(13)9-7-11/h3,6-9H,1-2H3/b10-3+. The molecule has 0 spiro atoms. The van der Waals surface area contributed by atoms with Crippen LogP contribution < -0.4 is 0 Å². The van der Waals surface area contributed by atoms with E-state index < -0.39 is 0 Å². The molecular weight excluding hydrogens is 271 g/mol. The molecule has 13 heavy (non-hydrogen) atoms. The van der Waals surface area contributed by atoms with Crippen molar-refractivity contribution in [2.45, 2.75) is 13.8 Å². The quantitative estimate of drug-likeness (QED) is 0.503. The van der Waals surface area contributed by atoms with Crippen molar-refractivity contribution in [1.29, 1.82) is 0 Å². The maximum absolute atomic E-state index is 3.10. The Morgan fingerprint density at radius 2 is 1.92 bits per heavy atom. The van der Waals surface area contributed by atoms with Crippen LogP contribution >= 0.6 is 22.6 Å². The molecular formula is C12H11I. The van der Waals surface area contributed by atoms with E-state index in [1.165, 1.54) is 3.57 Å². The predicted octanol–water partition coefficient (Wildman–Crippen LogP) is 3.61. The molecule has 0 saturated carbocycles. The van der Waals surface area contributed by atoms with Crippen LogP contribution in [0.3, 0.4) is 0 Å². The fourth-order valence-corrected chi connectivity index (χ4v) is 1.14. The highest BCUT2D eigenvalue weighted by molar-refractivity contribution is 14.1. The molecule has 0 saturated heterocycles. The summed E-state index contributed by atoms with van der Waals surface area (Å²) in [6.07, 6.45) is 2.01. The molecule has 1 aromatic rings. The molecule has 0 fully saturated rings. The monoisotopic (exact) mass is 282 g/mol. The van der Waals surface area contributed by atoms with Gasteiger partial charge in [-0.05, 0) is 66.3 Å². The van der Waals surface area contributed by atoms with Gasteiger partial charge in [-0.1, -0.05) is 17.9 Å². The van der Waals surface area contributed by atoms with Gasteiger partial charge < -0.3 is 0 Å². The van der Waals surface area contributed by atoms with Gasteiger partial charge in [0.05, 0.1) is 0 Å². The normalized spacial score (nSPS) is 10.5. The van der Waals surface area contributed by atoms with Crippen molar-refractivity contribution in [2.75, 3.05) is 0 Å². The molecule has 1 rings (SSSR count). The number of halogens is 1. The van der Waals surface area contributed by atoms with E-state index in [1.54, 1.807) is 0 Å². The van der Waals surface area contributed by atoms with Crippen molar-refractivity contribution in [2.24, 2.45) is 0 Å². The third-order valence-electron chi connectivity index (χ3n) is 1.68. The Labute approximate surface area is 93.2 Å². The van der Waals surface area contributed by atoms with Gasteiger partial charge in [-0.15, -0.1) is 0 Å². The molecule has 0 heterocycles. The van der Waals surface area contributed by atoms with E-state index in [0.717, 1.165) is 11.1 Å². The minimum absolute atomic E-state index is 1.07. The van der Waals surface area contributed by atoms with E-state index in [1.807, 2.05) is 32.1 Å². The first-order valence-corrected chi connectivity index (χ1v) is 5.21. The van der Waals surface area contributed by atoms with Gasteiger partial charge in [-0.2, -0.15) is 0 Å². The summed E-state index contributed by atoms with van der Waals surface area (Å²) in [6.45, 7) is 4.01. The highest BCUT2D eigenvalue weighted by atomic mass is 127. The van der Waals surface area contributed by atoms with E-state index in [4.69, 9.17) is 0 Å². The van der Waals surface area contributed by atoms with E-state index >= 15 is 0 Å². The maximum atomic E-state index is 3.10. The van der Waals surface area contributed by atoms with Gasteiger partial charge in [0.25, 0.3) is 0 Å². The first-order chi connectivity index (χ1) is 6.22. The third-order valence-corrected chi connectivity index (χ3v) is 2.40. The zero-order chi connectivity index (χ0) is 9.68. The minimum Gasteiger partial charge on any atom is -0.0763 e. The lowest BCUT2D eigenvalue weighted by Gasteiger charge is -1.90. The molecule has 66 valence electrons. The molecule has 0 aliphatic carbocycles. The van der Waals surface area contributed by atoms with Crippen molar-refractivity contribution >= 4 is 22.6 Å². The lowest BCUT2D eigenvalue weighted by Crippen LogP contribution is -1.75. The van der Waals surface area contributed by atoms with Gasteiger partial charge in [0.15, 0.2) is 0 Å². The van der Waals surface area contributed by atoms with Gasteiger partial charge in [0.2, 0.25) is 0 Å². The maximum Gasteiger partial charge on any atom is 0.0249 e. The molecule has 1 aromatic carbocycles. The van der Waals surface area contributed by atoms with Crippen LogP contribution in [0, 0.1) is 15.4 Å². The van der Waals surface area contributed by atoms with Crippen molar-refractivity contribution in [3.05, 3.63) is 45.0 Å². The average molecular weight is 282 g/mol. The molecule has 0 amide bonds. The average Bonchev–Trinajstić information content (AvgIpc) is 2.16. The first kappa shape index (κ1) is 10.3. The first-order valence-electron chi connectivity index (χ1n) is 4.13. The largest absolute Gasteiger partial charge is 0.0763 e. The second-order valence-electron chi connectivity index (χ2n) is 2.73. The van der Waals surface area contributed by atoms with Crippen LogP contribution in [0.4, 0.5) is 0 Å². The Morgan fingerprint density at radius 3 is 2.46 bits per heavy atom. The predicted molar refractivity (Wildman–Crippen MR) is 65.5 cm³/mol. The molecule has 0 aromatic heterocycles. The molecule has 0 atom stereocenters. The van der Waals surface area contributed by atoms with Gasteiger partial charge in [0, 0.05) is 9.13 Å². The lowest BCUT2D eigenvalue weighted by atomic mass is 10.2. The molecule has 0 aliphatic heterocycles. The topological polar surface area (TPSA) is 0 Å². The Balaban J connectivity index is 2.84. The summed E-state index contributed by atoms with van der Waals surface area (Å²) in [5.41, 5.74) is 2.18. The van der Waals surface area contributed by atoms with Crippen LogP contribution in [0.5, 0.6) is 0 Å². The van der Waals surface area contributed by atoms with Crippen LogP contribution in [0.25, 0.3) is 0 Å². The smallest absolute Gasteiger partial charge is 0.0249 e. The second-order valence-corrected chi connectivity index (χ2v) is 3.97. The van der Waals surface area contributed by atoms with E-state index in [9.17, 15) is 0 Å². The van der Waals surface area contributed by atoms with Crippen LogP contribution in [-0.4, -0.2) is 0 Å². The van der Waals surface area contributed by atoms with Crippen molar-refractivity contribution in [1.82, 2.24) is 0 Å². The van der Waals surface area contributed by atoms with Gasteiger partial charge >= 0.3 is 0 Å². The van der Waals surface area contributed by atoms with Crippen LogP contribution in [0.15, 0.2) is 35.9 Å². The van der Waals surface area contributed by atoms with Crippen LogP contribution in [0.2, 0.25) is 0 Å². The molecule has 0 bridgehead atoms. The summed E-state index contributed by atoms with van der Waals surface area (Å²) < 4.78 is 1.24. The second kappa shape index (κ2) is 5.08. The SMILES string of the molecule is C/C=C(\C)C#Cc1ccc(I)cc1. The fraction of sp³-hybridized carbons (Fsp3) is 0.167. The summed E-state index contributed by atoms with van der Waals surface area (Å²) in [7, 11) is 0. The Morgan fingerprint density at radius 1 is 1.31 bits per heavy atom. The van der Waals surface area contributed by atoms with Crippen LogP contribution in [-0.2, 0) is 0 Å². The Kier molecular flexibility index (Phi) is 4.04. The molecule has 0 radical (unpaired) electrons. The van der Waals surface area contributed by atoms with Gasteiger partial charge in [0.1, 0.15) is 0 Å². The molecule has 1 heteroatoms. The summed E-state index contributed by atoms with van der Waals surface area (Å²) in [5, 5.41) is 0. The number of benzene rings is 1. The fourth-order valence-electron chi connectivity index (χ4n) is 0.776. The number of hydrogen-bond donors (Lipinski definition) is 0. The lowest BCUT2D eigenvalue weighted by molar-refractivity contribution is 1.52. The van der Waals surface area contributed by atoms with E-state index in [-0.39, 0.29) is 0 Å². The molecule has 0 nitrogen and oxygen atoms in total. The summed E-state index contributed by atoms with van der Waals surface area (Å²) in [6, 6.07) is 8.21. The highest BCUT2D eigenvalue weighted by Gasteiger charge is 1.86. The van der Waals surface area contributed by atoms with E-state index in [0.29, 0.717) is 0 Å². The third kappa shape index (κ3) is 3.65. The Hall–Kier alpha value is -0.750. The van der Waals surface area contributed by atoms with Gasteiger partial charge in [-0.25, -0.2) is 0 Å². The zero-order valence-corrected chi connectivity index (χ0v) is 9.92. The molecule has 0 aliphatic rings. The summed E-state index contributed by atoms with van der Waals surface area (Å²) in [5.74, 6) is 6.18. The molecule has 0 unspecified atom stereocenters. The number of allylic oxidation sites excluding steroid dienone is 2. The summed E-state index contributed by atoms with van der Waals surface area (Å²) >= 11 is 2.29. The van der Waals surface area contributed by atoms with E-state index in [2.05, 4.69) is 46.6 Å². The number of hydrogen-bond acceptors (Lipinski definition) is 0. The van der Waals surface area contributed by atoms with Crippen molar-refractivity contribution in [3.8, 4) is 11.8 Å². The Bertz CT molecular complexity index is 360. The van der Waals surface area contributed by atoms with Crippen LogP contribution in [0.1, 0.15) is 19.4 Å². The summed E-state index contributed by atoms with van der Waals surface area (Å²) in [4.78, 5) is 0. The number of rotatable bonds is 0.